The highest BCUT2D eigenvalue weighted by Crippen LogP contribution is 2.27. The van der Waals surface area contributed by atoms with Crippen LogP contribution in [0.25, 0.3) is 0 Å². The molecule has 1 N–H and O–H groups in total. The molecule has 1 unspecified atom stereocenters. The quantitative estimate of drug-likeness (QED) is 0.211. The van der Waals surface area contributed by atoms with Crippen LogP contribution in [0.5, 0.6) is 11.5 Å². The average Bonchev–Trinajstić information content (AvgIpc) is 2.85. The summed E-state index contributed by atoms with van der Waals surface area (Å²) in [5.74, 6) is -0.326. The smallest absolute Gasteiger partial charge is 0.270 e. The number of amides is 1. The fraction of sp³-hybridized carbons (Fsp3) is 0.208. The van der Waals surface area contributed by atoms with E-state index in [2.05, 4.69) is 5.32 Å². The van der Waals surface area contributed by atoms with E-state index in [1.165, 1.54) is 56.8 Å². The molecule has 3 aromatic rings. The molecule has 0 aliphatic carbocycles. The van der Waals surface area contributed by atoms with E-state index in [0.717, 1.165) is 16.2 Å². The molecule has 0 fully saturated rings. The zero-order valence-corrected chi connectivity index (χ0v) is 18.6. The second-order valence-corrected chi connectivity index (χ2v) is 7.25. The number of ketones is 1. The first-order chi connectivity index (χ1) is 16.3. The maximum Gasteiger partial charge on any atom is 0.270 e. The monoisotopic (exact) mass is 465 g/mol. The third-order valence-corrected chi connectivity index (χ3v) is 5.13. The highest BCUT2D eigenvalue weighted by atomic mass is 16.6. The van der Waals surface area contributed by atoms with Crippen molar-refractivity contribution in [2.24, 2.45) is 0 Å². The summed E-state index contributed by atoms with van der Waals surface area (Å²) in [6, 6.07) is 13.1. The largest absolute Gasteiger partial charge is 0.493 e. The number of ether oxygens (including phenoxy) is 2. The van der Waals surface area contributed by atoms with Crippen LogP contribution in [0.15, 0.2) is 71.7 Å². The molecule has 10 heteroatoms. The van der Waals surface area contributed by atoms with Gasteiger partial charge in [0.05, 0.1) is 19.1 Å². The van der Waals surface area contributed by atoms with Gasteiger partial charge in [-0.1, -0.05) is 24.3 Å². The predicted molar refractivity (Wildman–Crippen MR) is 123 cm³/mol. The summed E-state index contributed by atoms with van der Waals surface area (Å²) in [4.78, 5) is 49.2. The number of methoxy groups -OCH3 is 2. The second-order valence-electron chi connectivity index (χ2n) is 7.25. The van der Waals surface area contributed by atoms with Crippen molar-refractivity contribution in [3.05, 3.63) is 98.5 Å². The molecule has 1 aromatic heterocycles. The van der Waals surface area contributed by atoms with Crippen LogP contribution in [-0.2, 0) is 11.2 Å². The Morgan fingerprint density at radius 1 is 1.03 bits per heavy atom. The lowest BCUT2D eigenvalue weighted by Gasteiger charge is -2.18. The second kappa shape index (κ2) is 10.9. The molecule has 0 aliphatic heterocycles. The average molecular weight is 465 g/mol. The molecule has 1 heterocycles. The molecular weight excluding hydrogens is 442 g/mol. The molecule has 0 spiro atoms. The Hall–Kier alpha value is -4.47. The minimum absolute atomic E-state index is 0.0509. The number of nitro benzene ring substituents is 1. The van der Waals surface area contributed by atoms with E-state index in [1.807, 2.05) is 6.07 Å². The minimum atomic E-state index is -1.53. The number of rotatable bonds is 10. The highest BCUT2D eigenvalue weighted by molar-refractivity contribution is 6.12. The Balaban J connectivity index is 1.83. The molecule has 0 saturated carbocycles. The molecule has 0 saturated heterocycles. The molecule has 0 radical (unpaired) electrons. The zero-order valence-electron chi connectivity index (χ0n) is 18.6. The van der Waals surface area contributed by atoms with Crippen molar-refractivity contribution in [3.63, 3.8) is 0 Å². The fourth-order valence-electron chi connectivity index (χ4n) is 3.42. The van der Waals surface area contributed by atoms with Gasteiger partial charge in [-0.05, 0) is 30.2 Å². The zero-order chi connectivity index (χ0) is 24.7. The highest BCUT2D eigenvalue weighted by Gasteiger charge is 2.30. The molecule has 176 valence electrons. The van der Waals surface area contributed by atoms with Crippen molar-refractivity contribution >= 4 is 17.4 Å². The van der Waals surface area contributed by atoms with Gasteiger partial charge in [0.2, 0.25) is 0 Å². The van der Waals surface area contributed by atoms with E-state index in [9.17, 15) is 24.5 Å². The molecule has 0 aliphatic rings. The van der Waals surface area contributed by atoms with Crippen LogP contribution in [-0.4, -0.2) is 41.9 Å². The number of nitrogens with one attached hydrogen (secondary N) is 1. The molecular formula is C24H23N3O7. The van der Waals surface area contributed by atoms with Crippen molar-refractivity contribution in [1.82, 2.24) is 9.88 Å². The summed E-state index contributed by atoms with van der Waals surface area (Å²) in [5, 5.41) is 13.8. The maximum atomic E-state index is 13.2. The van der Waals surface area contributed by atoms with Crippen LogP contribution >= 0.6 is 0 Å². The van der Waals surface area contributed by atoms with E-state index in [4.69, 9.17) is 9.47 Å². The third kappa shape index (κ3) is 5.47. The molecule has 3 rings (SSSR count). The number of Topliss-reactive ketones (excluding diaryl/α,β-unsaturated/α-hetero) is 1. The lowest BCUT2D eigenvalue weighted by atomic mass is 10.0. The molecule has 1 atom stereocenters. The van der Waals surface area contributed by atoms with Crippen molar-refractivity contribution in [2.75, 3.05) is 20.8 Å². The van der Waals surface area contributed by atoms with Gasteiger partial charge in [-0.3, -0.25) is 29.1 Å². The number of benzene rings is 2. The minimum Gasteiger partial charge on any atom is -0.493 e. The van der Waals surface area contributed by atoms with Crippen LogP contribution in [0.1, 0.15) is 22.0 Å². The number of nitrogens with zero attached hydrogens (tertiary/aromatic N) is 2. The van der Waals surface area contributed by atoms with Crippen LogP contribution in [0, 0.1) is 10.1 Å². The lowest BCUT2D eigenvalue weighted by Crippen LogP contribution is -2.41. The SMILES string of the molecule is COc1ccc(CCNC(=O)C(C(=O)c2cccc([N+](=O)[O-])c2)n2ccccc2=O)cc1OC. The molecule has 10 nitrogen and oxygen atoms in total. The lowest BCUT2D eigenvalue weighted by molar-refractivity contribution is -0.384. The Morgan fingerprint density at radius 3 is 2.47 bits per heavy atom. The summed E-state index contributed by atoms with van der Waals surface area (Å²) >= 11 is 0. The maximum absolute atomic E-state index is 13.2. The van der Waals surface area contributed by atoms with Gasteiger partial charge in [0, 0.05) is 36.5 Å². The van der Waals surface area contributed by atoms with Gasteiger partial charge in [-0.15, -0.1) is 0 Å². The van der Waals surface area contributed by atoms with E-state index in [0.29, 0.717) is 17.9 Å². The number of hydrogen-bond acceptors (Lipinski definition) is 7. The summed E-state index contributed by atoms with van der Waals surface area (Å²) in [5.41, 5.74) is -0.0402. The van der Waals surface area contributed by atoms with Gasteiger partial charge in [-0.2, -0.15) is 0 Å². The fourth-order valence-corrected chi connectivity index (χ4v) is 3.42. The van der Waals surface area contributed by atoms with Gasteiger partial charge >= 0.3 is 0 Å². The van der Waals surface area contributed by atoms with Crippen LogP contribution < -0.4 is 20.3 Å². The molecule has 34 heavy (non-hydrogen) atoms. The standard InChI is InChI=1S/C24H23N3O7/c1-33-19-10-9-16(14-20(19)34-2)11-12-25-24(30)22(26-13-4-3-8-21(26)28)23(29)17-6-5-7-18(15-17)27(31)32/h3-10,13-15,22H,11-12H2,1-2H3,(H,25,30). The topological polar surface area (TPSA) is 130 Å². The normalized spacial score (nSPS) is 11.4. The number of nitro groups is 1. The van der Waals surface area contributed by atoms with Crippen LogP contribution in [0.3, 0.4) is 0 Å². The summed E-state index contributed by atoms with van der Waals surface area (Å²) in [7, 11) is 3.05. The van der Waals surface area contributed by atoms with E-state index >= 15 is 0 Å². The summed E-state index contributed by atoms with van der Waals surface area (Å²) in [6.07, 6.45) is 1.75. The number of carbonyl (C=O) groups is 2. The van der Waals surface area contributed by atoms with Crippen molar-refractivity contribution in [2.45, 2.75) is 12.5 Å². The van der Waals surface area contributed by atoms with Crippen molar-refractivity contribution in [1.29, 1.82) is 0 Å². The first-order valence-corrected chi connectivity index (χ1v) is 10.3. The Bertz CT molecular complexity index is 1270. The number of aromatic nitrogens is 1. The molecule has 2 aromatic carbocycles. The third-order valence-electron chi connectivity index (χ3n) is 5.13. The summed E-state index contributed by atoms with van der Waals surface area (Å²) in [6.45, 7) is 0.175. The predicted octanol–water partition coefficient (Wildman–Crippen LogP) is 2.56. The summed E-state index contributed by atoms with van der Waals surface area (Å²) < 4.78 is 11.5. The first-order valence-electron chi connectivity index (χ1n) is 10.3. The van der Waals surface area contributed by atoms with Gasteiger partial charge in [0.1, 0.15) is 0 Å². The van der Waals surface area contributed by atoms with Gasteiger partial charge in [0.25, 0.3) is 17.2 Å². The first kappa shape index (κ1) is 24.2. The Kier molecular flexibility index (Phi) is 7.75. The van der Waals surface area contributed by atoms with Gasteiger partial charge in [0.15, 0.2) is 23.3 Å². The van der Waals surface area contributed by atoms with Gasteiger partial charge in [-0.25, -0.2) is 0 Å². The van der Waals surface area contributed by atoms with Gasteiger partial charge < -0.3 is 14.8 Å². The number of carbonyl (C=O) groups excluding carboxylic acids is 2. The number of hydrogen-bond donors (Lipinski definition) is 1. The van der Waals surface area contributed by atoms with Crippen LogP contribution in [0.4, 0.5) is 5.69 Å². The molecule has 1 amide bonds. The number of non-ortho nitro benzene ring substituents is 1. The molecule has 0 bridgehead atoms. The van der Waals surface area contributed by atoms with E-state index in [1.54, 1.807) is 12.1 Å². The van der Waals surface area contributed by atoms with E-state index in [-0.39, 0.29) is 17.8 Å². The number of pyridine rings is 1. The van der Waals surface area contributed by atoms with Crippen molar-refractivity contribution in [3.8, 4) is 11.5 Å². The van der Waals surface area contributed by atoms with Crippen LogP contribution in [0.2, 0.25) is 0 Å². The van der Waals surface area contributed by atoms with E-state index < -0.39 is 28.2 Å². The Morgan fingerprint density at radius 2 is 1.79 bits per heavy atom. The van der Waals surface area contributed by atoms with Crippen molar-refractivity contribution < 1.29 is 24.0 Å². The Labute approximate surface area is 194 Å².